The topological polar surface area (TPSA) is 80.5 Å². The normalized spacial score (nSPS) is 21.9. The molecular weight excluding hydrogens is 340 g/mol. The lowest BCUT2D eigenvalue weighted by atomic mass is 10.0. The van der Waals surface area contributed by atoms with E-state index in [1.54, 1.807) is 11.4 Å². The maximum absolute atomic E-state index is 12.5. The Morgan fingerprint density at radius 2 is 2.22 bits per heavy atom. The molecule has 2 heterocycles. The van der Waals surface area contributed by atoms with Crippen LogP contribution < -0.4 is 5.73 Å². The van der Waals surface area contributed by atoms with E-state index in [0.29, 0.717) is 17.4 Å². The molecular formula is C10H13BrN2O3S2. The van der Waals surface area contributed by atoms with Crippen LogP contribution in [0.1, 0.15) is 19.3 Å². The zero-order valence-electron chi connectivity index (χ0n) is 9.50. The lowest BCUT2D eigenvalue weighted by Gasteiger charge is -2.32. The molecule has 18 heavy (non-hydrogen) atoms. The summed E-state index contributed by atoms with van der Waals surface area (Å²) in [5.41, 5.74) is 5.29. The second-order valence-corrected chi connectivity index (χ2v) is 7.94. The molecule has 1 saturated heterocycles. The summed E-state index contributed by atoms with van der Waals surface area (Å²) in [4.78, 5) is 11.4. The Labute approximate surface area is 118 Å². The molecule has 100 valence electrons. The van der Waals surface area contributed by atoms with Crippen LogP contribution in [0, 0.1) is 0 Å². The highest BCUT2D eigenvalue weighted by molar-refractivity contribution is 9.10. The van der Waals surface area contributed by atoms with Gasteiger partial charge in [0.1, 0.15) is 10.3 Å². The fourth-order valence-electron chi connectivity index (χ4n) is 2.05. The monoisotopic (exact) mass is 352 g/mol. The van der Waals surface area contributed by atoms with Crippen LogP contribution >= 0.6 is 27.3 Å². The first-order valence-corrected chi connectivity index (χ1v) is 8.60. The van der Waals surface area contributed by atoms with E-state index in [0.717, 1.165) is 24.2 Å². The molecule has 1 atom stereocenters. The van der Waals surface area contributed by atoms with Gasteiger partial charge < -0.3 is 5.73 Å². The maximum atomic E-state index is 12.5. The number of hydrogen-bond donors (Lipinski definition) is 1. The third kappa shape index (κ3) is 2.47. The number of amides is 1. The van der Waals surface area contributed by atoms with Crippen LogP contribution in [0.15, 0.2) is 20.1 Å². The number of sulfonamides is 1. The van der Waals surface area contributed by atoms with Crippen molar-refractivity contribution in [1.82, 2.24) is 4.31 Å². The summed E-state index contributed by atoms with van der Waals surface area (Å²) in [5.74, 6) is -0.578. The molecule has 1 unspecified atom stereocenters. The average Bonchev–Trinajstić information content (AvgIpc) is 2.76. The van der Waals surface area contributed by atoms with Gasteiger partial charge in [-0.05, 0) is 40.2 Å². The molecule has 2 rings (SSSR count). The molecule has 1 aliphatic rings. The predicted octanol–water partition coefficient (Wildman–Crippen LogP) is 1.54. The van der Waals surface area contributed by atoms with Crippen LogP contribution in [0.5, 0.6) is 0 Å². The predicted molar refractivity (Wildman–Crippen MR) is 72.7 cm³/mol. The Hall–Kier alpha value is -0.440. The van der Waals surface area contributed by atoms with Gasteiger partial charge in [0.05, 0.1) is 0 Å². The van der Waals surface area contributed by atoms with Gasteiger partial charge in [-0.25, -0.2) is 8.42 Å². The molecule has 1 aliphatic heterocycles. The lowest BCUT2D eigenvalue weighted by molar-refractivity contribution is -0.122. The summed E-state index contributed by atoms with van der Waals surface area (Å²) in [5, 5.41) is 1.69. The van der Waals surface area contributed by atoms with Gasteiger partial charge in [-0.3, -0.25) is 4.79 Å². The third-order valence-electron chi connectivity index (χ3n) is 2.91. The SMILES string of the molecule is NC(=O)C1CCCCN1S(=O)(=O)c1sccc1Br. The summed E-state index contributed by atoms with van der Waals surface area (Å²) in [6.07, 6.45) is 2.08. The van der Waals surface area contributed by atoms with Crippen LogP contribution in [-0.4, -0.2) is 31.2 Å². The van der Waals surface area contributed by atoms with Crippen LogP contribution in [0.3, 0.4) is 0 Å². The van der Waals surface area contributed by atoms with Crippen LogP contribution in [0.2, 0.25) is 0 Å². The van der Waals surface area contributed by atoms with E-state index in [9.17, 15) is 13.2 Å². The van der Waals surface area contributed by atoms with Crippen molar-refractivity contribution < 1.29 is 13.2 Å². The number of nitrogens with two attached hydrogens (primary N) is 1. The number of carbonyl (C=O) groups is 1. The van der Waals surface area contributed by atoms with Gasteiger partial charge in [-0.2, -0.15) is 4.31 Å². The summed E-state index contributed by atoms with van der Waals surface area (Å²) in [6, 6.07) is 0.957. The Kier molecular flexibility index (Phi) is 4.10. The highest BCUT2D eigenvalue weighted by Gasteiger charge is 2.37. The highest BCUT2D eigenvalue weighted by Crippen LogP contribution is 2.33. The molecule has 0 spiro atoms. The van der Waals surface area contributed by atoms with Crippen LogP contribution in [0.4, 0.5) is 0 Å². The smallest absolute Gasteiger partial charge is 0.254 e. The molecule has 8 heteroatoms. The number of nitrogens with zero attached hydrogens (tertiary/aromatic N) is 1. The summed E-state index contributed by atoms with van der Waals surface area (Å²) >= 11 is 4.35. The van der Waals surface area contributed by atoms with Gasteiger partial charge in [-0.15, -0.1) is 11.3 Å². The van der Waals surface area contributed by atoms with Gasteiger partial charge in [-0.1, -0.05) is 6.42 Å². The minimum atomic E-state index is -3.64. The first-order chi connectivity index (χ1) is 8.44. The van der Waals surface area contributed by atoms with Crippen molar-refractivity contribution in [1.29, 1.82) is 0 Å². The van der Waals surface area contributed by atoms with Crippen LogP contribution in [0.25, 0.3) is 0 Å². The van der Waals surface area contributed by atoms with E-state index < -0.39 is 22.0 Å². The number of carbonyl (C=O) groups excluding carboxylic acids is 1. The molecule has 5 nitrogen and oxygen atoms in total. The number of thiophene rings is 1. The quantitative estimate of drug-likeness (QED) is 0.895. The van der Waals surface area contributed by atoms with E-state index >= 15 is 0 Å². The Morgan fingerprint density at radius 1 is 1.50 bits per heavy atom. The minimum Gasteiger partial charge on any atom is -0.368 e. The van der Waals surface area contributed by atoms with Gasteiger partial charge in [0.2, 0.25) is 5.91 Å². The molecule has 1 amide bonds. The van der Waals surface area contributed by atoms with Gasteiger partial charge in [0.15, 0.2) is 0 Å². The number of halogens is 1. The molecule has 0 radical (unpaired) electrons. The first kappa shape index (κ1) is 14.0. The molecule has 1 aromatic rings. The minimum absolute atomic E-state index is 0.232. The van der Waals surface area contributed by atoms with E-state index in [1.165, 1.54) is 4.31 Å². The molecule has 1 aromatic heterocycles. The highest BCUT2D eigenvalue weighted by atomic mass is 79.9. The molecule has 0 saturated carbocycles. The van der Waals surface area contributed by atoms with Crippen molar-refractivity contribution in [3.63, 3.8) is 0 Å². The van der Waals surface area contributed by atoms with Crippen molar-refractivity contribution in [2.75, 3.05) is 6.54 Å². The number of piperidine rings is 1. The Morgan fingerprint density at radius 3 is 2.78 bits per heavy atom. The van der Waals surface area contributed by atoms with Crippen molar-refractivity contribution >= 4 is 43.2 Å². The molecule has 2 N–H and O–H groups in total. The summed E-state index contributed by atoms with van der Waals surface area (Å²) in [7, 11) is -3.64. The number of rotatable bonds is 3. The van der Waals surface area contributed by atoms with Gasteiger partial charge in [0.25, 0.3) is 10.0 Å². The Bertz CT molecular complexity index is 555. The lowest BCUT2D eigenvalue weighted by Crippen LogP contribution is -2.50. The fraction of sp³-hybridized carbons (Fsp3) is 0.500. The summed E-state index contributed by atoms with van der Waals surface area (Å²) < 4.78 is 27.0. The molecule has 1 fully saturated rings. The fourth-order valence-corrected chi connectivity index (χ4v) is 6.14. The van der Waals surface area contributed by atoms with E-state index in [4.69, 9.17) is 5.73 Å². The van der Waals surface area contributed by atoms with E-state index in [-0.39, 0.29) is 4.21 Å². The second-order valence-electron chi connectivity index (χ2n) is 4.09. The Balaban J connectivity index is 2.39. The summed E-state index contributed by atoms with van der Waals surface area (Å²) in [6.45, 7) is 0.347. The first-order valence-electron chi connectivity index (χ1n) is 5.48. The number of hydrogen-bond acceptors (Lipinski definition) is 4. The zero-order valence-corrected chi connectivity index (χ0v) is 12.7. The van der Waals surface area contributed by atoms with Crippen LogP contribution in [-0.2, 0) is 14.8 Å². The third-order valence-corrected chi connectivity index (χ3v) is 7.46. The van der Waals surface area contributed by atoms with Crippen molar-refractivity contribution in [3.05, 3.63) is 15.9 Å². The van der Waals surface area contributed by atoms with Gasteiger partial charge >= 0.3 is 0 Å². The standard InChI is InChI=1S/C10H13BrN2O3S2/c11-7-4-6-17-10(7)18(15,16)13-5-2-1-3-8(13)9(12)14/h4,6,8H,1-3,5H2,(H2,12,14). The largest absolute Gasteiger partial charge is 0.368 e. The van der Waals surface area contributed by atoms with Crippen molar-refractivity contribution in [2.45, 2.75) is 29.5 Å². The molecule has 0 aromatic carbocycles. The average molecular weight is 353 g/mol. The maximum Gasteiger partial charge on any atom is 0.254 e. The van der Waals surface area contributed by atoms with Gasteiger partial charge in [0, 0.05) is 11.0 Å². The van der Waals surface area contributed by atoms with E-state index in [1.807, 2.05) is 0 Å². The molecule has 0 bridgehead atoms. The second kappa shape index (κ2) is 5.28. The number of primary amides is 1. The van der Waals surface area contributed by atoms with Crippen molar-refractivity contribution in [3.8, 4) is 0 Å². The molecule has 0 aliphatic carbocycles. The zero-order chi connectivity index (χ0) is 13.3. The van der Waals surface area contributed by atoms with E-state index in [2.05, 4.69) is 15.9 Å². The van der Waals surface area contributed by atoms with Crippen molar-refractivity contribution in [2.24, 2.45) is 5.73 Å².